The number of anilines is 1. The Morgan fingerprint density at radius 3 is 2.15 bits per heavy atom. The van der Waals surface area contributed by atoms with Crippen LogP contribution in [0.2, 0.25) is 0 Å². The molecule has 0 radical (unpaired) electrons. The van der Waals surface area contributed by atoms with E-state index in [1.165, 1.54) is 16.8 Å². The summed E-state index contributed by atoms with van der Waals surface area (Å²) in [5.74, 6) is -1.11. The number of hydrogen-bond acceptors (Lipinski definition) is 8. The van der Waals surface area contributed by atoms with Gasteiger partial charge in [-0.1, -0.05) is 18.2 Å². The second kappa shape index (κ2) is 10.9. The first-order valence-electron chi connectivity index (χ1n) is 13.4. The molecule has 214 valence electrons. The number of benzene rings is 1. The van der Waals surface area contributed by atoms with Crippen molar-refractivity contribution in [2.45, 2.75) is 90.5 Å². The fourth-order valence-electron chi connectivity index (χ4n) is 5.16. The van der Waals surface area contributed by atoms with Crippen LogP contribution in [0.1, 0.15) is 83.6 Å². The maximum atomic E-state index is 13.4. The van der Waals surface area contributed by atoms with Gasteiger partial charge in [-0.15, -0.1) is 0 Å². The number of hydrogen-bond donors (Lipinski definition) is 0. The van der Waals surface area contributed by atoms with Crippen LogP contribution in [-0.4, -0.2) is 55.7 Å². The summed E-state index contributed by atoms with van der Waals surface area (Å²) >= 11 is 0. The Kier molecular flexibility index (Phi) is 7.87. The molecule has 0 N–H and O–H groups in total. The molecule has 2 aromatic rings. The van der Waals surface area contributed by atoms with Crippen LogP contribution in [-0.2, 0) is 14.3 Å². The first-order valence-corrected chi connectivity index (χ1v) is 13.4. The lowest BCUT2D eigenvalue weighted by molar-refractivity contribution is -0.140. The molecule has 1 aliphatic carbocycles. The minimum Gasteiger partial charge on any atom is -0.443 e. The van der Waals surface area contributed by atoms with Gasteiger partial charge in [-0.25, -0.2) is 19.3 Å². The number of ether oxygens (including phenoxy) is 2. The number of nitrogens with zero attached hydrogens (tertiary/aromatic N) is 4. The molecule has 1 aromatic carbocycles. The van der Waals surface area contributed by atoms with Gasteiger partial charge in [0, 0.05) is 18.2 Å². The van der Waals surface area contributed by atoms with Crippen molar-refractivity contribution >= 4 is 29.8 Å². The lowest BCUT2D eigenvalue weighted by Crippen LogP contribution is -2.57. The number of likely N-dealkylation sites (tertiary alicyclic amines) is 1. The molecule has 2 fully saturated rings. The summed E-state index contributed by atoms with van der Waals surface area (Å²) in [5.41, 5.74) is -2.21. The Morgan fingerprint density at radius 1 is 0.900 bits per heavy atom. The van der Waals surface area contributed by atoms with E-state index in [1.807, 2.05) is 0 Å². The standard InChI is InChI=1S/C29H36N4O7/c1-28(2,3)39-26(37)32-21-16-18(17-23(32)34)12-13-20(21)31-15-14-22(30-25(31)36)33(27(38)40-29(4,5)6)24(35)19-10-8-7-9-11-19/h7-11,14-15,18,20-21H,12-13,16-17H2,1-6H3/t18-,20-,21-/m1/s1. The van der Waals surface area contributed by atoms with Crippen LogP contribution >= 0.6 is 0 Å². The second-order valence-corrected chi connectivity index (χ2v) is 12.2. The summed E-state index contributed by atoms with van der Waals surface area (Å²) in [5, 5.41) is 0. The van der Waals surface area contributed by atoms with E-state index >= 15 is 0 Å². The first kappa shape index (κ1) is 29.0. The lowest BCUT2D eigenvalue weighted by atomic mass is 9.76. The van der Waals surface area contributed by atoms with Gasteiger partial charge in [-0.2, -0.15) is 9.88 Å². The fourth-order valence-corrected chi connectivity index (χ4v) is 5.16. The number of amides is 4. The summed E-state index contributed by atoms with van der Waals surface area (Å²) < 4.78 is 12.3. The topological polar surface area (TPSA) is 128 Å². The van der Waals surface area contributed by atoms with Crippen LogP contribution in [0.15, 0.2) is 47.4 Å². The average Bonchev–Trinajstić information content (AvgIpc) is 2.83. The third-order valence-electron chi connectivity index (χ3n) is 6.75. The third-order valence-corrected chi connectivity index (χ3v) is 6.75. The fraction of sp³-hybridized carbons (Fsp3) is 0.517. The van der Waals surface area contributed by atoms with Crippen LogP contribution in [0.5, 0.6) is 0 Å². The molecule has 1 saturated heterocycles. The van der Waals surface area contributed by atoms with Crippen molar-refractivity contribution in [2.75, 3.05) is 4.90 Å². The summed E-state index contributed by atoms with van der Waals surface area (Å²) in [7, 11) is 0. The van der Waals surface area contributed by atoms with Crippen molar-refractivity contribution in [3.05, 3.63) is 58.6 Å². The highest BCUT2D eigenvalue weighted by Gasteiger charge is 2.47. The number of carbonyl (C=O) groups is 4. The Balaban J connectivity index is 1.69. The smallest absolute Gasteiger partial charge is 0.423 e. The second-order valence-electron chi connectivity index (χ2n) is 12.2. The SMILES string of the molecule is CC(C)(C)OC(=O)N(C(=O)c1ccccc1)c1ccn([C@@H]2CC[C@H]3CC(=O)N(C(=O)OC(C)(C)C)[C@@H]2C3)c(=O)n1. The van der Waals surface area contributed by atoms with E-state index < -0.39 is 47.1 Å². The van der Waals surface area contributed by atoms with Gasteiger partial charge in [-0.3, -0.25) is 14.2 Å². The number of aromatic nitrogens is 2. The molecule has 4 amide bonds. The highest BCUT2D eigenvalue weighted by molar-refractivity contribution is 6.18. The molecule has 1 aromatic heterocycles. The molecule has 2 bridgehead atoms. The van der Waals surface area contributed by atoms with Crippen molar-refractivity contribution in [3.8, 4) is 0 Å². The maximum absolute atomic E-state index is 13.4. The molecule has 11 nitrogen and oxygen atoms in total. The molecule has 4 rings (SSSR count). The normalized spacial score (nSPS) is 21.0. The molecule has 1 saturated carbocycles. The summed E-state index contributed by atoms with van der Waals surface area (Å²) in [6.07, 6.45) is 1.77. The van der Waals surface area contributed by atoms with Crippen molar-refractivity contribution < 1.29 is 28.7 Å². The number of carbonyl (C=O) groups excluding carboxylic acids is 4. The van der Waals surface area contributed by atoms with Crippen LogP contribution < -0.4 is 10.6 Å². The predicted molar refractivity (Wildman–Crippen MR) is 146 cm³/mol. The molecule has 1 aliphatic heterocycles. The molecule has 11 heteroatoms. The van der Waals surface area contributed by atoms with E-state index in [0.29, 0.717) is 19.3 Å². The molecular formula is C29H36N4O7. The van der Waals surface area contributed by atoms with E-state index in [-0.39, 0.29) is 29.6 Å². The molecule has 2 heterocycles. The summed E-state index contributed by atoms with van der Waals surface area (Å²) in [6, 6.07) is 8.40. The third kappa shape index (κ3) is 6.40. The van der Waals surface area contributed by atoms with Crippen LogP contribution in [0.4, 0.5) is 15.4 Å². The van der Waals surface area contributed by atoms with Gasteiger partial charge in [0.2, 0.25) is 5.91 Å². The maximum Gasteiger partial charge on any atom is 0.423 e. The monoisotopic (exact) mass is 552 g/mol. The largest absolute Gasteiger partial charge is 0.443 e. The highest BCUT2D eigenvalue weighted by Crippen LogP contribution is 2.41. The molecule has 0 spiro atoms. The van der Waals surface area contributed by atoms with Crippen molar-refractivity contribution in [3.63, 3.8) is 0 Å². The van der Waals surface area contributed by atoms with Gasteiger partial charge in [0.15, 0.2) is 5.82 Å². The minimum absolute atomic E-state index is 0.113. The number of imide groups is 2. The average molecular weight is 553 g/mol. The Morgan fingerprint density at radius 2 is 1.55 bits per heavy atom. The Bertz CT molecular complexity index is 1360. The molecule has 40 heavy (non-hydrogen) atoms. The van der Waals surface area contributed by atoms with E-state index in [9.17, 15) is 24.0 Å². The molecule has 0 unspecified atom stereocenters. The van der Waals surface area contributed by atoms with Gasteiger partial charge in [0.05, 0.1) is 12.1 Å². The number of piperidine rings is 1. The van der Waals surface area contributed by atoms with Crippen LogP contribution in [0.3, 0.4) is 0 Å². The number of rotatable bonds is 3. The van der Waals surface area contributed by atoms with Gasteiger partial charge in [0.1, 0.15) is 11.2 Å². The van der Waals surface area contributed by atoms with Gasteiger partial charge in [-0.05, 0) is 84.9 Å². The molecule has 3 atom stereocenters. The Hall–Kier alpha value is -4.02. The minimum atomic E-state index is -0.972. The highest BCUT2D eigenvalue weighted by atomic mass is 16.6. The molecular weight excluding hydrogens is 516 g/mol. The summed E-state index contributed by atoms with van der Waals surface area (Å²) in [6.45, 7) is 10.2. The van der Waals surface area contributed by atoms with Crippen molar-refractivity contribution in [1.82, 2.24) is 14.5 Å². The molecule has 2 aliphatic rings. The first-order chi connectivity index (χ1) is 18.6. The van der Waals surface area contributed by atoms with Gasteiger partial charge < -0.3 is 9.47 Å². The number of fused-ring (bicyclic) bond motifs is 2. The zero-order valence-corrected chi connectivity index (χ0v) is 23.7. The van der Waals surface area contributed by atoms with Gasteiger partial charge in [0.25, 0.3) is 5.91 Å². The Labute approximate surface area is 233 Å². The zero-order valence-electron chi connectivity index (χ0n) is 23.7. The van der Waals surface area contributed by atoms with Crippen LogP contribution in [0.25, 0.3) is 0 Å². The zero-order chi connectivity index (χ0) is 29.4. The van der Waals surface area contributed by atoms with Crippen molar-refractivity contribution in [2.24, 2.45) is 5.92 Å². The van der Waals surface area contributed by atoms with Crippen LogP contribution in [0, 0.1) is 5.92 Å². The van der Waals surface area contributed by atoms with E-state index in [1.54, 1.807) is 71.9 Å². The quantitative estimate of drug-likeness (QED) is 0.536. The van der Waals surface area contributed by atoms with Gasteiger partial charge >= 0.3 is 17.9 Å². The lowest BCUT2D eigenvalue weighted by Gasteiger charge is -2.46. The van der Waals surface area contributed by atoms with Crippen molar-refractivity contribution in [1.29, 1.82) is 0 Å². The van der Waals surface area contributed by atoms with E-state index in [0.717, 1.165) is 9.80 Å². The van der Waals surface area contributed by atoms with E-state index in [2.05, 4.69) is 4.98 Å². The van der Waals surface area contributed by atoms with E-state index in [4.69, 9.17) is 9.47 Å². The summed E-state index contributed by atoms with van der Waals surface area (Å²) in [4.78, 5) is 71.8. The predicted octanol–water partition coefficient (Wildman–Crippen LogP) is 4.70.